The fraction of sp³-hybridized carbons (Fsp3) is 0.167. The molecule has 3 rings (SSSR count). The summed E-state index contributed by atoms with van der Waals surface area (Å²) in [6.45, 7) is 3.79. The van der Waals surface area contributed by atoms with Crippen LogP contribution in [0.1, 0.15) is 27.9 Å². The highest BCUT2D eigenvalue weighted by Gasteiger charge is 2.29. The minimum atomic E-state index is -0.368. The number of nitrogens with two attached hydrogens (primary N) is 1. The van der Waals surface area contributed by atoms with Gasteiger partial charge in [-0.2, -0.15) is 10.1 Å². The molecule has 1 aliphatic heterocycles. The molecule has 0 aromatic heterocycles. The molecule has 0 aliphatic carbocycles. The zero-order valence-corrected chi connectivity index (χ0v) is 14.6. The summed E-state index contributed by atoms with van der Waals surface area (Å²) in [6, 6.07) is 10.3. The van der Waals surface area contributed by atoms with E-state index in [2.05, 4.69) is 10.4 Å². The Morgan fingerprint density at radius 1 is 1.28 bits per heavy atom. The topological polar surface area (TPSA) is 87.8 Å². The van der Waals surface area contributed by atoms with Crippen LogP contribution in [0, 0.1) is 13.8 Å². The van der Waals surface area contributed by atoms with Crippen molar-refractivity contribution in [2.45, 2.75) is 20.3 Å². The number of nitrogen functional groups attached to an aromatic ring is 1. The number of carbonyl (C=O) groups excluding carboxylic acids is 2. The monoisotopic (exact) mass is 356 g/mol. The van der Waals surface area contributed by atoms with Gasteiger partial charge in [-0.15, -0.1) is 0 Å². The molecule has 0 radical (unpaired) electrons. The molecule has 2 aromatic rings. The Bertz CT molecular complexity index is 885. The second kappa shape index (κ2) is 6.57. The average molecular weight is 357 g/mol. The highest BCUT2D eigenvalue weighted by molar-refractivity contribution is 6.34. The van der Waals surface area contributed by atoms with Crippen molar-refractivity contribution in [1.29, 1.82) is 0 Å². The predicted octanol–water partition coefficient (Wildman–Crippen LogP) is 3.02. The van der Waals surface area contributed by atoms with Gasteiger partial charge in [0, 0.05) is 11.3 Å². The molecule has 0 bridgehead atoms. The number of hydrazone groups is 1. The van der Waals surface area contributed by atoms with E-state index in [0.29, 0.717) is 22.0 Å². The summed E-state index contributed by atoms with van der Waals surface area (Å²) in [5, 5.41) is 8.57. The minimum Gasteiger partial charge on any atom is -0.399 e. The van der Waals surface area contributed by atoms with E-state index in [1.54, 1.807) is 30.3 Å². The lowest BCUT2D eigenvalue weighted by Gasteiger charge is -2.16. The molecule has 0 spiro atoms. The van der Waals surface area contributed by atoms with Gasteiger partial charge < -0.3 is 11.1 Å². The van der Waals surface area contributed by atoms with Gasteiger partial charge >= 0.3 is 0 Å². The minimum absolute atomic E-state index is 0.00228. The Balaban J connectivity index is 1.85. The summed E-state index contributed by atoms with van der Waals surface area (Å²) in [7, 11) is 0. The standard InChI is InChI=1S/C18H17ClN4O2/c1-10-6-11(2)17(14(19)7-10)23-16(24)9-15(22-23)21-18(25)12-4-3-5-13(20)8-12/h3-8H,9,20H2,1-2H3,(H,21,22,25). The Hall–Kier alpha value is -2.86. The normalized spacial score (nSPS) is 13.8. The van der Waals surface area contributed by atoms with Crippen LogP contribution in [-0.4, -0.2) is 17.6 Å². The number of hydrogen-bond acceptors (Lipinski definition) is 4. The first kappa shape index (κ1) is 17.0. The zero-order valence-electron chi connectivity index (χ0n) is 13.8. The maximum Gasteiger partial charge on any atom is 0.256 e. The smallest absolute Gasteiger partial charge is 0.256 e. The molecule has 128 valence electrons. The Labute approximate surface area is 150 Å². The van der Waals surface area contributed by atoms with Crippen LogP contribution < -0.4 is 16.1 Å². The number of carbonyl (C=O) groups is 2. The van der Waals surface area contributed by atoms with Crippen molar-refractivity contribution in [2.24, 2.45) is 5.10 Å². The zero-order chi connectivity index (χ0) is 18.1. The number of halogens is 1. The van der Waals surface area contributed by atoms with Crippen molar-refractivity contribution in [3.8, 4) is 0 Å². The van der Waals surface area contributed by atoms with E-state index in [-0.39, 0.29) is 24.1 Å². The number of nitrogens with zero attached hydrogens (tertiary/aromatic N) is 2. The van der Waals surface area contributed by atoms with Crippen molar-refractivity contribution in [3.63, 3.8) is 0 Å². The SMILES string of the molecule is Cc1cc(C)c(N2N=C(NC(=O)c3cccc(N)c3)CC2=O)c(Cl)c1. The van der Waals surface area contributed by atoms with Crippen LogP contribution in [0.3, 0.4) is 0 Å². The molecular formula is C18H17ClN4O2. The first-order chi connectivity index (χ1) is 11.8. The van der Waals surface area contributed by atoms with Gasteiger partial charge in [-0.25, -0.2) is 0 Å². The first-order valence-electron chi connectivity index (χ1n) is 7.69. The largest absolute Gasteiger partial charge is 0.399 e. The van der Waals surface area contributed by atoms with E-state index in [4.69, 9.17) is 17.3 Å². The summed E-state index contributed by atoms with van der Waals surface area (Å²) in [6.07, 6.45) is -0.00228. The van der Waals surface area contributed by atoms with E-state index in [1.165, 1.54) is 5.01 Å². The third-order valence-corrected chi connectivity index (χ3v) is 4.08. The van der Waals surface area contributed by atoms with Gasteiger partial charge in [0.25, 0.3) is 11.8 Å². The molecule has 2 aromatic carbocycles. The lowest BCUT2D eigenvalue weighted by Crippen LogP contribution is -2.29. The van der Waals surface area contributed by atoms with E-state index in [0.717, 1.165) is 11.1 Å². The van der Waals surface area contributed by atoms with Crippen LogP contribution in [-0.2, 0) is 4.79 Å². The lowest BCUT2D eigenvalue weighted by atomic mass is 10.1. The molecule has 0 saturated carbocycles. The van der Waals surface area contributed by atoms with Crippen molar-refractivity contribution >= 4 is 40.6 Å². The fourth-order valence-electron chi connectivity index (χ4n) is 2.73. The molecule has 0 unspecified atom stereocenters. The van der Waals surface area contributed by atoms with Gasteiger partial charge in [0.2, 0.25) is 0 Å². The Morgan fingerprint density at radius 2 is 2.04 bits per heavy atom. The molecule has 2 amide bonds. The first-order valence-corrected chi connectivity index (χ1v) is 8.07. The number of anilines is 2. The molecule has 25 heavy (non-hydrogen) atoms. The van der Waals surface area contributed by atoms with Crippen LogP contribution in [0.25, 0.3) is 0 Å². The molecule has 1 aliphatic rings. The summed E-state index contributed by atoms with van der Waals surface area (Å²) in [5.74, 6) is -0.349. The molecule has 0 atom stereocenters. The highest BCUT2D eigenvalue weighted by atomic mass is 35.5. The number of rotatable bonds is 2. The number of amides is 2. The number of aryl methyl sites for hydroxylation is 2. The number of amidine groups is 1. The highest BCUT2D eigenvalue weighted by Crippen LogP contribution is 2.33. The second-order valence-corrected chi connectivity index (χ2v) is 6.33. The number of benzene rings is 2. The molecule has 7 heteroatoms. The van der Waals surface area contributed by atoms with E-state index >= 15 is 0 Å². The van der Waals surface area contributed by atoms with E-state index < -0.39 is 0 Å². The van der Waals surface area contributed by atoms with Crippen LogP contribution in [0.15, 0.2) is 41.5 Å². The maximum atomic E-state index is 12.3. The van der Waals surface area contributed by atoms with Crippen molar-refractivity contribution in [3.05, 3.63) is 58.1 Å². The van der Waals surface area contributed by atoms with Crippen LogP contribution in [0.4, 0.5) is 11.4 Å². The van der Waals surface area contributed by atoms with Crippen molar-refractivity contribution < 1.29 is 9.59 Å². The van der Waals surface area contributed by atoms with Gasteiger partial charge in [0.15, 0.2) is 0 Å². The quantitative estimate of drug-likeness (QED) is 0.811. The van der Waals surface area contributed by atoms with Crippen molar-refractivity contribution in [2.75, 3.05) is 10.7 Å². The number of nitrogens with one attached hydrogen (secondary N) is 1. The Morgan fingerprint density at radius 3 is 2.72 bits per heavy atom. The fourth-order valence-corrected chi connectivity index (χ4v) is 3.13. The van der Waals surface area contributed by atoms with Gasteiger partial charge in [0.05, 0.1) is 17.1 Å². The van der Waals surface area contributed by atoms with Crippen LogP contribution in [0.5, 0.6) is 0 Å². The van der Waals surface area contributed by atoms with Crippen LogP contribution >= 0.6 is 11.6 Å². The summed E-state index contributed by atoms with van der Waals surface area (Å²) >= 11 is 6.28. The summed E-state index contributed by atoms with van der Waals surface area (Å²) < 4.78 is 0. The molecule has 0 saturated heterocycles. The molecule has 6 nitrogen and oxygen atoms in total. The lowest BCUT2D eigenvalue weighted by molar-refractivity contribution is -0.116. The Kier molecular flexibility index (Phi) is 4.46. The molecular weight excluding hydrogens is 340 g/mol. The van der Waals surface area contributed by atoms with E-state index in [1.807, 2.05) is 19.9 Å². The maximum absolute atomic E-state index is 12.3. The second-order valence-electron chi connectivity index (χ2n) is 5.92. The molecule has 1 heterocycles. The van der Waals surface area contributed by atoms with Gasteiger partial charge in [-0.05, 0) is 49.2 Å². The average Bonchev–Trinajstić information content (AvgIpc) is 2.86. The summed E-state index contributed by atoms with van der Waals surface area (Å²) in [4.78, 5) is 24.6. The van der Waals surface area contributed by atoms with Gasteiger partial charge in [-0.1, -0.05) is 23.7 Å². The van der Waals surface area contributed by atoms with Crippen molar-refractivity contribution in [1.82, 2.24) is 5.32 Å². The number of hydrogen-bond donors (Lipinski definition) is 2. The summed E-state index contributed by atoms with van der Waals surface area (Å²) in [5.41, 5.74) is 8.94. The van der Waals surface area contributed by atoms with E-state index in [9.17, 15) is 9.59 Å². The van der Waals surface area contributed by atoms with Gasteiger partial charge in [0.1, 0.15) is 5.84 Å². The van der Waals surface area contributed by atoms with Gasteiger partial charge in [-0.3, -0.25) is 9.59 Å². The third kappa shape index (κ3) is 3.49. The molecule has 0 fully saturated rings. The molecule has 3 N–H and O–H groups in total. The van der Waals surface area contributed by atoms with Crippen LogP contribution in [0.2, 0.25) is 5.02 Å². The predicted molar refractivity (Wildman–Crippen MR) is 98.8 cm³/mol. The third-order valence-electron chi connectivity index (χ3n) is 3.79.